The van der Waals surface area contributed by atoms with Crippen molar-refractivity contribution >= 4 is 49.3 Å². The predicted octanol–water partition coefficient (Wildman–Crippen LogP) is 14.5. The maximum atomic E-state index is 5.70. The molecule has 0 fully saturated rings. The molecule has 0 unspecified atom stereocenters. The minimum Gasteiger partial charge on any atom is -0.252 e. The Labute approximate surface area is 324 Å². The lowest BCUT2D eigenvalue weighted by molar-refractivity contribution is 0.660. The zero-order chi connectivity index (χ0) is 37.3. The molecule has 1 heteroatoms. The van der Waals surface area contributed by atoms with E-state index in [0.717, 1.165) is 23.4 Å². The molecule has 0 saturated heterocycles. The van der Waals surface area contributed by atoms with E-state index in [1.54, 1.807) is 0 Å². The molecule has 1 aliphatic carbocycles. The monoisotopic (exact) mass is 705 g/mol. The van der Waals surface area contributed by atoms with Crippen LogP contribution in [0.4, 0.5) is 0 Å². The van der Waals surface area contributed by atoms with Crippen LogP contribution in [0.25, 0.3) is 65.8 Å². The Morgan fingerprint density at radius 3 is 1.85 bits per heavy atom. The highest BCUT2D eigenvalue weighted by Crippen LogP contribution is 2.50. The second kappa shape index (κ2) is 12.9. The van der Waals surface area contributed by atoms with Crippen molar-refractivity contribution in [2.75, 3.05) is 0 Å². The minimum absolute atomic E-state index is 0.0573. The first-order chi connectivity index (χ1) is 26.9. The van der Waals surface area contributed by atoms with Gasteiger partial charge in [-0.05, 0) is 108 Å². The number of allylic oxidation sites excluding steroid dienone is 3. The number of hydrogen-bond donors (Lipinski definition) is 0. The number of nitrogens with zero attached hydrogens (tertiary/aromatic N) is 1. The summed E-state index contributed by atoms with van der Waals surface area (Å²) in [5.74, 6) is 0.182. The Morgan fingerprint density at radius 2 is 1.07 bits per heavy atom. The minimum atomic E-state index is -0.0573. The predicted molar refractivity (Wildman–Crippen MR) is 236 cm³/mol. The van der Waals surface area contributed by atoms with E-state index in [0.29, 0.717) is 0 Å². The third-order valence-electron chi connectivity index (χ3n) is 12.3. The van der Waals surface area contributed by atoms with Crippen molar-refractivity contribution in [2.45, 2.75) is 39.5 Å². The van der Waals surface area contributed by atoms with Crippen molar-refractivity contribution in [1.29, 1.82) is 0 Å². The molecule has 0 aromatic heterocycles. The van der Waals surface area contributed by atoms with Crippen LogP contribution in [0.1, 0.15) is 61.9 Å². The van der Waals surface area contributed by atoms with Gasteiger partial charge in [-0.2, -0.15) is 0 Å². The van der Waals surface area contributed by atoms with Gasteiger partial charge in [0.1, 0.15) is 0 Å². The van der Waals surface area contributed by atoms with E-state index in [1.807, 2.05) is 0 Å². The first-order valence-corrected chi connectivity index (χ1v) is 19.6. The molecule has 0 saturated carbocycles. The second-order valence-corrected chi connectivity index (χ2v) is 16.0. The number of fused-ring (bicyclic) bond motifs is 9. The van der Waals surface area contributed by atoms with Gasteiger partial charge < -0.3 is 0 Å². The molecule has 1 atom stereocenters. The summed E-state index contributed by atoms with van der Waals surface area (Å²) in [6, 6.07) is 60.4. The zero-order valence-corrected chi connectivity index (χ0v) is 31.9. The molecule has 8 aromatic carbocycles. The number of hydrogen-bond acceptors (Lipinski definition) is 1. The van der Waals surface area contributed by atoms with Gasteiger partial charge in [-0.3, -0.25) is 4.99 Å². The third kappa shape index (κ3) is 5.41. The summed E-state index contributed by atoms with van der Waals surface area (Å²) in [6.45, 7) is 9.39. The highest BCUT2D eigenvalue weighted by Gasteiger charge is 2.35. The van der Waals surface area contributed by atoms with E-state index < -0.39 is 0 Å². The van der Waals surface area contributed by atoms with Crippen LogP contribution in [0.5, 0.6) is 0 Å². The molecule has 0 N–H and O–H groups in total. The molecule has 55 heavy (non-hydrogen) atoms. The lowest BCUT2D eigenvalue weighted by Gasteiger charge is -2.24. The first kappa shape index (κ1) is 33.3. The van der Waals surface area contributed by atoms with Gasteiger partial charge in [0.2, 0.25) is 0 Å². The highest BCUT2D eigenvalue weighted by atomic mass is 14.8. The molecule has 264 valence electrons. The van der Waals surface area contributed by atoms with Gasteiger partial charge in [-0.15, -0.1) is 0 Å². The molecule has 0 spiro atoms. The molecule has 1 heterocycles. The molecule has 8 aromatic rings. The maximum Gasteiger partial charge on any atom is 0.0711 e. The fourth-order valence-corrected chi connectivity index (χ4v) is 9.51. The largest absolute Gasteiger partial charge is 0.252 e. The summed E-state index contributed by atoms with van der Waals surface area (Å²) >= 11 is 0. The number of rotatable bonds is 4. The summed E-state index contributed by atoms with van der Waals surface area (Å²) in [6.07, 6.45) is 3.23. The van der Waals surface area contributed by atoms with Crippen LogP contribution in [-0.4, -0.2) is 5.71 Å². The quantitative estimate of drug-likeness (QED) is 0.162. The van der Waals surface area contributed by atoms with E-state index in [4.69, 9.17) is 4.99 Å². The van der Waals surface area contributed by atoms with Gasteiger partial charge in [0, 0.05) is 22.5 Å². The standard InChI is InChI=1S/C54H43N/c1-34-30-35(2)53(55-51(37-18-9-6-10-19-37)33-47(34)36-16-7-5-8-17-36)46-24-15-23-45-41-21-12-11-20-40(41)42-28-26-38(31-48(42)52(45)46)39-27-29-44-43-22-13-14-25-49(43)54(3,4)50(44)32-39/h5-29,31-33,35H,30H2,1-4H3/b47-34+,51-33-,55-53+/t35-/m1/s1. The van der Waals surface area contributed by atoms with Crippen molar-refractivity contribution in [1.82, 2.24) is 0 Å². The lowest BCUT2D eigenvalue weighted by Crippen LogP contribution is -2.16. The average Bonchev–Trinajstić information content (AvgIpc) is 3.46. The topological polar surface area (TPSA) is 12.4 Å². The Bertz CT molecular complexity index is 2920. The van der Waals surface area contributed by atoms with Crippen molar-refractivity contribution < 1.29 is 0 Å². The second-order valence-electron chi connectivity index (χ2n) is 16.0. The summed E-state index contributed by atoms with van der Waals surface area (Å²) in [7, 11) is 0. The molecular weight excluding hydrogens is 663 g/mol. The summed E-state index contributed by atoms with van der Waals surface area (Å²) in [4.78, 5) is 5.70. The first-order valence-electron chi connectivity index (χ1n) is 19.6. The number of benzene rings is 8. The van der Waals surface area contributed by atoms with Gasteiger partial charge >= 0.3 is 0 Å². The van der Waals surface area contributed by atoms with Gasteiger partial charge in [0.05, 0.1) is 11.4 Å². The third-order valence-corrected chi connectivity index (χ3v) is 12.3. The Hall–Kier alpha value is -6.31. The van der Waals surface area contributed by atoms with E-state index in [1.165, 1.54) is 88.0 Å². The van der Waals surface area contributed by atoms with Gasteiger partial charge in [0.15, 0.2) is 0 Å². The fourth-order valence-electron chi connectivity index (χ4n) is 9.51. The van der Waals surface area contributed by atoms with Crippen LogP contribution in [-0.2, 0) is 5.41 Å². The molecule has 0 amide bonds. The van der Waals surface area contributed by atoms with Crippen LogP contribution in [0.3, 0.4) is 0 Å². The Balaban J connectivity index is 1.22. The maximum absolute atomic E-state index is 5.70. The Morgan fingerprint density at radius 1 is 0.491 bits per heavy atom. The van der Waals surface area contributed by atoms with Crippen LogP contribution < -0.4 is 0 Å². The number of aliphatic imine (C=N–C) groups is 1. The van der Waals surface area contributed by atoms with Gasteiger partial charge in [-0.25, -0.2) is 0 Å². The van der Waals surface area contributed by atoms with Crippen LogP contribution in [0, 0.1) is 5.92 Å². The lowest BCUT2D eigenvalue weighted by atomic mass is 9.81. The van der Waals surface area contributed by atoms with Crippen LogP contribution >= 0.6 is 0 Å². The van der Waals surface area contributed by atoms with E-state index >= 15 is 0 Å². The van der Waals surface area contributed by atoms with Crippen molar-refractivity contribution in [3.63, 3.8) is 0 Å². The van der Waals surface area contributed by atoms with Gasteiger partial charge in [-0.1, -0.05) is 178 Å². The van der Waals surface area contributed by atoms with Crippen LogP contribution in [0.2, 0.25) is 0 Å². The Kier molecular flexibility index (Phi) is 7.82. The molecule has 2 aliphatic rings. The van der Waals surface area contributed by atoms with Crippen LogP contribution in [0.15, 0.2) is 180 Å². The molecule has 0 radical (unpaired) electrons. The molecule has 0 bridgehead atoms. The van der Waals surface area contributed by atoms with E-state index in [9.17, 15) is 0 Å². The molecule has 10 rings (SSSR count). The highest BCUT2D eigenvalue weighted by molar-refractivity contribution is 6.31. The van der Waals surface area contributed by atoms with Crippen molar-refractivity contribution in [3.8, 4) is 22.3 Å². The van der Waals surface area contributed by atoms with E-state index in [2.05, 4.69) is 198 Å². The normalized spacial score (nSPS) is 19.6. The molecular formula is C54H43N. The van der Waals surface area contributed by atoms with E-state index in [-0.39, 0.29) is 11.3 Å². The van der Waals surface area contributed by atoms with Crippen molar-refractivity contribution in [2.24, 2.45) is 10.9 Å². The summed E-state index contributed by atoms with van der Waals surface area (Å²) < 4.78 is 0. The van der Waals surface area contributed by atoms with Gasteiger partial charge in [0.25, 0.3) is 0 Å². The zero-order valence-electron chi connectivity index (χ0n) is 31.9. The molecule has 1 aliphatic heterocycles. The molecule has 1 nitrogen and oxygen atoms in total. The average molecular weight is 706 g/mol. The fraction of sp³-hybridized carbons (Fsp3) is 0.130. The summed E-state index contributed by atoms with van der Waals surface area (Å²) in [5, 5.41) is 7.64. The summed E-state index contributed by atoms with van der Waals surface area (Å²) in [5.41, 5.74) is 16.2. The smallest absolute Gasteiger partial charge is 0.0711 e. The SMILES string of the molecule is C/C1=C(c2ccccc2)/C=C(c2ccccc2)\N=C(\c2cccc3c4ccccc4c4ccc(-c5ccc6c(c5)C(C)(C)c5ccccc5-6)cc4c23)[C@H](C)C1. The van der Waals surface area contributed by atoms with Crippen molar-refractivity contribution in [3.05, 3.63) is 203 Å².